The average Bonchev–Trinajstić information content (AvgIpc) is 3.05. The second-order valence-corrected chi connectivity index (χ2v) is 4.70. The van der Waals surface area contributed by atoms with Crippen molar-refractivity contribution in [1.82, 2.24) is 4.90 Å². The summed E-state index contributed by atoms with van der Waals surface area (Å²) < 4.78 is 15.8. The number of amides is 1. The van der Waals surface area contributed by atoms with Gasteiger partial charge >= 0.3 is 0 Å². The van der Waals surface area contributed by atoms with Gasteiger partial charge in [-0.2, -0.15) is 0 Å². The highest BCUT2D eigenvalue weighted by atomic mass is 16.5. The number of nitrogens with zero attached hydrogens (tertiary/aromatic N) is 1. The van der Waals surface area contributed by atoms with Gasteiger partial charge in [0.2, 0.25) is 5.91 Å². The topological polar surface area (TPSA) is 51.9 Å². The maximum Gasteiger partial charge on any atom is 0.246 e. The van der Waals surface area contributed by atoms with Crippen LogP contribution in [-0.2, 0) is 11.3 Å². The molecule has 2 rings (SSSR count). The molecule has 0 spiro atoms. The smallest absolute Gasteiger partial charge is 0.246 e. The minimum atomic E-state index is -0.124. The van der Waals surface area contributed by atoms with E-state index in [1.807, 2.05) is 18.2 Å². The molecule has 0 saturated heterocycles. The van der Waals surface area contributed by atoms with E-state index in [0.717, 1.165) is 5.56 Å². The van der Waals surface area contributed by atoms with Gasteiger partial charge in [0.25, 0.3) is 0 Å². The molecule has 2 aromatic rings. The van der Waals surface area contributed by atoms with Crippen LogP contribution < -0.4 is 9.47 Å². The summed E-state index contributed by atoms with van der Waals surface area (Å²) >= 11 is 0. The molecule has 116 valence electrons. The van der Waals surface area contributed by atoms with E-state index in [-0.39, 0.29) is 5.91 Å². The van der Waals surface area contributed by atoms with Crippen molar-refractivity contribution in [2.45, 2.75) is 6.54 Å². The van der Waals surface area contributed by atoms with Crippen molar-refractivity contribution in [2.24, 2.45) is 0 Å². The zero-order valence-electron chi connectivity index (χ0n) is 12.9. The highest BCUT2D eigenvalue weighted by Crippen LogP contribution is 2.31. The summed E-state index contributed by atoms with van der Waals surface area (Å²) in [5.41, 5.74) is 0.879. The third-order valence-corrected chi connectivity index (χ3v) is 3.20. The van der Waals surface area contributed by atoms with Crippen LogP contribution in [0.3, 0.4) is 0 Å². The van der Waals surface area contributed by atoms with Crippen molar-refractivity contribution in [3.63, 3.8) is 0 Å². The van der Waals surface area contributed by atoms with Crippen LogP contribution in [0.1, 0.15) is 11.3 Å². The summed E-state index contributed by atoms with van der Waals surface area (Å²) in [6, 6.07) is 9.15. The van der Waals surface area contributed by atoms with E-state index < -0.39 is 0 Å². The molecule has 0 bridgehead atoms. The van der Waals surface area contributed by atoms with Gasteiger partial charge in [-0.05, 0) is 24.3 Å². The van der Waals surface area contributed by atoms with E-state index in [4.69, 9.17) is 13.9 Å². The first-order chi connectivity index (χ1) is 10.7. The van der Waals surface area contributed by atoms with Gasteiger partial charge in [-0.1, -0.05) is 12.1 Å². The Morgan fingerprint density at radius 1 is 1.23 bits per heavy atom. The average molecular weight is 301 g/mol. The lowest BCUT2D eigenvalue weighted by Crippen LogP contribution is -2.24. The Morgan fingerprint density at radius 2 is 2.05 bits per heavy atom. The van der Waals surface area contributed by atoms with Crippen molar-refractivity contribution in [2.75, 3.05) is 21.3 Å². The van der Waals surface area contributed by atoms with Crippen molar-refractivity contribution in [3.8, 4) is 11.5 Å². The molecule has 1 aromatic carbocycles. The molecule has 0 N–H and O–H groups in total. The van der Waals surface area contributed by atoms with Crippen molar-refractivity contribution < 1.29 is 18.7 Å². The molecule has 0 saturated carbocycles. The second-order valence-electron chi connectivity index (χ2n) is 4.70. The van der Waals surface area contributed by atoms with Crippen LogP contribution >= 0.6 is 0 Å². The summed E-state index contributed by atoms with van der Waals surface area (Å²) in [6.45, 7) is 0.418. The van der Waals surface area contributed by atoms with Crippen LogP contribution in [0.15, 0.2) is 47.1 Å². The quantitative estimate of drug-likeness (QED) is 0.770. The van der Waals surface area contributed by atoms with E-state index in [0.29, 0.717) is 23.8 Å². The van der Waals surface area contributed by atoms with E-state index >= 15 is 0 Å². The molecule has 0 atom stereocenters. The Balaban J connectivity index is 2.08. The molecule has 0 fully saturated rings. The van der Waals surface area contributed by atoms with E-state index in [9.17, 15) is 4.79 Å². The number of furan rings is 1. The van der Waals surface area contributed by atoms with Gasteiger partial charge < -0.3 is 18.8 Å². The number of rotatable bonds is 6. The lowest BCUT2D eigenvalue weighted by molar-refractivity contribution is -0.125. The monoisotopic (exact) mass is 301 g/mol. The molecule has 0 aliphatic rings. The number of likely N-dealkylation sites (N-methyl/N-ethyl adjacent to an activating group) is 1. The maximum atomic E-state index is 12.1. The number of hydrogen-bond donors (Lipinski definition) is 0. The van der Waals surface area contributed by atoms with Crippen molar-refractivity contribution >= 4 is 12.0 Å². The predicted octanol–water partition coefficient (Wildman–Crippen LogP) is 2.97. The number of carbonyl (C=O) groups is 1. The third-order valence-electron chi connectivity index (χ3n) is 3.20. The number of benzene rings is 1. The summed E-state index contributed by atoms with van der Waals surface area (Å²) in [5, 5.41) is 0. The largest absolute Gasteiger partial charge is 0.493 e. The molecule has 0 aliphatic carbocycles. The molecule has 22 heavy (non-hydrogen) atoms. The van der Waals surface area contributed by atoms with E-state index in [2.05, 4.69) is 0 Å². The Bertz CT molecular complexity index is 647. The van der Waals surface area contributed by atoms with E-state index in [1.165, 1.54) is 6.08 Å². The molecule has 1 amide bonds. The third kappa shape index (κ3) is 3.69. The molecule has 0 radical (unpaired) electrons. The number of methoxy groups -OCH3 is 2. The van der Waals surface area contributed by atoms with Gasteiger partial charge in [0, 0.05) is 25.2 Å². The van der Waals surface area contributed by atoms with Gasteiger partial charge in [0.15, 0.2) is 11.5 Å². The minimum Gasteiger partial charge on any atom is -0.493 e. The normalized spacial score (nSPS) is 10.7. The molecule has 1 aromatic heterocycles. The van der Waals surface area contributed by atoms with Crippen LogP contribution in [0.5, 0.6) is 11.5 Å². The Kier molecular flexibility index (Phi) is 5.25. The first-order valence-electron chi connectivity index (χ1n) is 6.82. The number of carbonyl (C=O) groups excluding carboxylic acids is 1. The van der Waals surface area contributed by atoms with Gasteiger partial charge in [0.05, 0.1) is 20.5 Å². The lowest BCUT2D eigenvalue weighted by atomic mass is 10.1. The number of hydrogen-bond acceptors (Lipinski definition) is 4. The molecule has 0 aliphatic heterocycles. The van der Waals surface area contributed by atoms with Crippen LogP contribution in [0, 0.1) is 0 Å². The fraction of sp³-hybridized carbons (Fsp3) is 0.235. The van der Waals surface area contributed by atoms with E-state index in [1.54, 1.807) is 50.6 Å². The number of ether oxygens (including phenoxy) is 2. The zero-order chi connectivity index (χ0) is 15.9. The molecule has 5 nitrogen and oxygen atoms in total. The van der Waals surface area contributed by atoms with Crippen LogP contribution in [0.4, 0.5) is 0 Å². The standard InChI is InChI=1S/C17H19NO4/c1-18(16(19)10-9-14-7-5-11-22-14)12-13-6-4-8-15(20-2)17(13)21-3/h4-11H,12H2,1-3H3. The van der Waals surface area contributed by atoms with Crippen LogP contribution in [0.2, 0.25) is 0 Å². The zero-order valence-corrected chi connectivity index (χ0v) is 12.9. The summed E-state index contributed by atoms with van der Waals surface area (Å²) in [4.78, 5) is 13.7. The number of para-hydroxylation sites is 1. The van der Waals surface area contributed by atoms with Gasteiger partial charge in [-0.25, -0.2) is 0 Å². The van der Waals surface area contributed by atoms with Crippen LogP contribution in [-0.4, -0.2) is 32.1 Å². The Labute approximate surface area is 129 Å². The van der Waals surface area contributed by atoms with Crippen molar-refractivity contribution in [3.05, 3.63) is 54.0 Å². The highest BCUT2D eigenvalue weighted by Gasteiger charge is 2.13. The van der Waals surface area contributed by atoms with Gasteiger partial charge in [-0.3, -0.25) is 4.79 Å². The SMILES string of the molecule is COc1cccc(CN(C)C(=O)C=Cc2ccco2)c1OC. The first-order valence-corrected chi connectivity index (χ1v) is 6.82. The molecule has 5 heteroatoms. The lowest BCUT2D eigenvalue weighted by Gasteiger charge is -2.18. The fourth-order valence-corrected chi connectivity index (χ4v) is 2.08. The minimum absolute atomic E-state index is 0.124. The van der Waals surface area contributed by atoms with Gasteiger partial charge in [-0.15, -0.1) is 0 Å². The molecule has 0 unspecified atom stereocenters. The molecule has 1 heterocycles. The predicted molar refractivity (Wildman–Crippen MR) is 83.8 cm³/mol. The second kappa shape index (κ2) is 7.36. The highest BCUT2D eigenvalue weighted by molar-refractivity contribution is 5.91. The molecular weight excluding hydrogens is 282 g/mol. The summed E-state index contributed by atoms with van der Waals surface area (Å²) in [5.74, 6) is 1.80. The van der Waals surface area contributed by atoms with Gasteiger partial charge in [0.1, 0.15) is 5.76 Å². The van der Waals surface area contributed by atoms with Crippen LogP contribution in [0.25, 0.3) is 6.08 Å². The Morgan fingerprint density at radius 3 is 2.68 bits per heavy atom. The fourth-order valence-electron chi connectivity index (χ4n) is 2.08. The maximum absolute atomic E-state index is 12.1. The summed E-state index contributed by atoms with van der Waals surface area (Å²) in [6.07, 6.45) is 4.68. The molecular formula is C17H19NO4. The first kappa shape index (κ1) is 15.7. The summed E-state index contributed by atoms with van der Waals surface area (Å²) in [7, 11) is 4.90. The van der Waals surface area contributed by atoms with Crippen molar-refractivity contribution in [1.29, 1.82) is 0 Å². The Hall–Kier alpha value is -2.69.